The molecule has 0 unspecified atom stereocenters. The first kappa shape index (κ1) is 24.5. The Bertz CT molecular complexity index is 1160. The van der Waals surface area contributed by atoms with Crippen molar-refractivity contribution in [1.82, 2.24) is 15.0 Å². The lowest BCUT2D eigenvalue weighted by Gasteiger charge is -2.62. The Hall–Kier alpha value is -1.79. The van der Waals surface area contributed by atoms with Crippen LogP contribution < -0.4 is 0 Å². The molecule has 196 valence electrons. The van der Waals surface area contributed by atoms with E-state index in [2.05, 4.69) is 30.2 Å². The summed E-state index contributed by atoms with van der Waals surface area (Å²) in [4.78, 5) is 13.8. The normalized spacial score (nSPS) is 42.1. The Labute approximate surface area is 215 Å². The van der Waals surface area contributed by atoms with Gasteiger partial charge < -0.3 is 9.84 Å². The summed E-state index contributed by atoms with van der Waals surface area (Å²) in [6.45, 7) is 7.66. The monoisotopic (exact) mass is 493 g/mol. The van der Waals surface area contributed by atoms with Crippen LogP contribution in [0.25, 0.3) is 11.0 Å². The third-order valence-corrected chi connectivity index (χ3v) is 11.4. The van der Waals surface area contributed by atoms with Crippen LogP contribution in [0.4, 0.5) is 0 Å². The summed E-state index contributed by atoms with van der Waals surface area (Å²) in [6, 6.07) is 6.12. The number of nitrogens with zero attached hydrogens (tertiary/aromatic N) is 3. The average molecular weight is 494 g/mol. The number of methoxy groups -OCH3 is 1. The summed E-state index contributed by atoms with van der Waals surface area (Å²) < 4.78 is 7.72. The Morgan fingerprint density at radius 3 is 2.75 bits per heavy atom. The number of hydrogen-bond donors (Lipinski definition) is 1. The maximum Gasteiger partial charge on any atom is 0.157 e. The van der Waals surface area contributed by atoms with Gasteiger partial charge >= 0.3 is 0 Å². The number of Topliss-reactive ketones (excluding diaryl/α,β-unsaturated/α-hetero) is 1. The molecule has 8 atom stereocenters. The zero-order valence-electron chi connectivity index (χ0n) is 22.5. The molecule has 0 amide bonds. The smallest absolute Gasteiger partial charge is 0.157 e. The summed E-state index contributed by atoms with van der Waals surface area (Å²) in [5.74, 6) is 2.93. The van der Waals surface area contributed by atoms with Gasteiger partial charge in [0.05, 0.1) is 17.7 Å². The van der Waals surface area contributed by atoms with Crippen molar-refractivity contribution in [1.29, 1.82) is 0 Å². The van der Waals surface area contributed by atoms with Gasteiger partial charge in [-0.1, -0.05) is 18.2 Å². The summed E-state index contributed by atoms with van der Waals surface area (Å²) >= 11 is 0. The molecule has 6 heteroatoms. The first-order valence-corrected chi connectivity index (χ1v) is 14.2. The van der Waals surface area contributed by atoms with Crippen molar-refractivity contribution in [3.63, 3.8) is 0 Å². The fourth-order valence-electron chi connectivity index (χ4n) is 9.76. The topological polar surface area (TPSA) is 77.2 Å². The second kappa shape index (κ2) is 8.62. The van der Waals surface area contributed by atoms with Gasteiger partial charge in [-0.2, -0.15) is 0 Å². The molecule has 0 radical (unpaired) electrons. The number of benzene rings is 1. The van der Waals surface area contributed by atoms with Crippen LogP contribution in [0.3, 0.4) is 0 Å². The summed E-state index contributed by atoms with van der Waals surface area (Å²) in [5, 5.41) is 19.5. The second-order valence-electron chi connectivity index (χ2n) is 13.4. The van der Waals surface area contributed by atoms with E-state index in [-0.39, 0.29) is 16.7 Å². The van der Waals surface area contributed by atoms with Gasteiger partial charge in [0, 0.05) is 13.0 Å². The van der Waals surface area contributed by atoms with Crippen molar-refractivity contribution in [3.05, 3.63) is 23.8 Å². The van der Waals surface area contributed by atoms with Crippen molar-refractivity contribution in [2.45, 2.75) is 90.7 Å². The van der Waals surface area contributed by atoms with E-state index in [1.54, 1.807) is 0 Å². The minimum absolute atomic E-state index is 0.0752. The van der Waals surface area contributed by atoms with Crippen LogP contribution >= 0.6 is 0 Å². The largest absolute Gasteiger partial charge is 0.390 e. The van der Waals surface area contributed by atoms with Crippen molar-refractivity contribution in [2.24, 2.45) is 40.4 Å². The molecular formula is C30H43N3O3. The Morgan fingerprint density at radius 2 is 1.94 bits per heavy atom. The molecule has 0 spiro atoms. The first-order valence-electron chi connectivity index (χ1n) is 14.2. The molecule has 1 aromatic heterocycles. The molecule has 0 bridgehead atoms. The summed E-state index contributed by atoms with van der Waals surface area (Å²) in [6.07, 6.45) is 9.78. The molecule has 2 aromatic rings. The quantitative estimate of drug-likeness (QED) is 0.608. The fraction of sp³-hybridized carbons (Fsp3) is 0.767. The molecule has 4 saturated carbocycles. The predicted octanol–water partition coefficient (Wildman–Crippen LogP) is 5.35. The van der Waals surface area contributed by atoms with Gasteiger partial charge in [-0.3, -0.25) is 4.79 Å². The van der Waals surface area contributed by atoms with Gasteiger partial charge in [0.15, 0.2) is 5.78 Å². The number of ether oxygens (including phenoxy) is 1. The highest BCUT2D eigenvalue weighted by Crippen LogP contribution is 2.68. The Balaban J connectivity index is 1.24. The lowest BCUT2D eigenvalue weighted by molar-refractivity contribution is -0.175. The van der Waals surface area contributed by atoms with Gasteiger partial charge in [0.1, 0.15) is 12.1 Å². The first-order chi connectivity index (χ1) is 17.2. The van der Waals surface area contributed by atoms with Gasteiger partial charge in [0.2, 0.25) is 0 Å². The predicted molar refractivity (Wildman–Crippen MR) is 139 cm³/mol. The molecule has 4 aliphatic rings. The molecule has 1 heterocycles. The summed E-state index contributed by atoms with van der Waals surface area (Å²) in [5.41, 5.74) is 2.71. The van der Waals surface area contributed by atoms with E-state index in [0.29, 0.717) is 36.0 Å². The molecule has 6 rings (SSSR count). The number of aliphatic hydroxyl groups is 1. The third-order valence-electron chi connectivity index (χ3n) is 11.4. The maximum atomic E-state index is 13.8. The lowest BCUT2D eigenvalue weighted by Crippen LogP contribution is -2.58. The van der Waals surface area contributed by atoms with Crippen LogP contribution in [-0.2, 0) is 16.1 Å². The lowest BCUT2D eigenvalue weighted by atomic mass is 9.43. The molecular weight excluding hydrogens is 450 g/mol. The number of rotatable bonds is 5. The SMILES string of the molecule is COC[C@]12CC[C@@](C)(O)C[C@H]1CC[C@H]1[C@@H]3CC[C@H](C(=O)Cn4nnc5ccc(C)cc54)[C@@]3(C)CC[C@@H]12. The molecule has 1 N–H and O–H groups in total. The van der Waals surface area contributed by atoms with E-state index in [1.165, 1.54) is 19.3 Å². The number of ketones is 1. The highest BCUT2D eigenvalue weighted by Gasteiger charge is 2.63. The number of fused-ring (bicyclic) bond motifs is 6. The average Bonchev–Trinajstić information content (AvgIpc) is 3.39. The van der Waals surface area contributed by atoms with Crippen LogP contribution in [0.15, 0.2) is 18.2 Å². The zero-order chi connectivity index (χ0) is 25.3. The second-order valence-corrected chi connectivity index (χ2v) is 13.4. The van der Waals surface area contributed by atoms with E-state index in [9.17, 15) is 9.90 Å². The number of aryl methyl sites for hydroxylation is 1. The maximum absolute atomic E-state index is 13.8. The van der Waals surface area contributed by atoms with E-state index in [1.807, 2.05) is 30.8 Å². The minimum atomic E-state index is -0.535. The van der Waals surface area contributed by atoms with Crippen LogP contribution in [0.1, 0.15) is 77.2 Å². The summed E-state index contributed by atoms with van der Waals surface area (Å²) in [7, 11) is 1.86. The van der Waals surface area contributed by atoms with E-state index >= 15 is 0 Å². The van der Waals surface area contributed by atoms with Crippen LogP contribution in [0, 0.1) is 47.3 Å². The molecule has 1 aromatic carbocycles. The number of carbonyl (C=O) groups is 1. The van der Waals surface area contributed by atoms with Crippen molar-refractivity contribution in [2.75, 3.05) is 13.7 Å². The van der Waals surface area contributed by atoms with E-state index in [0.717, 1.165) is 61.7 Å². The number of hydrogen-bond acceptors (Lipinski definition) is 5. The molecule has 6 nitrogen and oxygen atoms in total. The third kappa shape index (κ3) is 3.69. The van der Waals surface area contributed by atoms with Crippen molar-refractivity contribution in [3.8, 4) is 0 Å². The Kier molecular flexibility index (Phi) is 5.88. The van der Waals surface area contributed by atoms with Gasteiger partial charge in [-0.15, -0.1) is 5.10 Å². The molecule has 0 aliphatic heterocycles. The zero-order valence-corrected chi connectivity index (χ0v) is 22.5. The van der Waals surface area contributed by atoms with Crippen molar-refractivity contribution < 1.29 is 14.6 Å². The van der Waals surface area contributed by atoms with Gasteiger partial charge in [-0.05, 0) is 124 Å². The molecule has 4 aliphatic carbocycles. The standard InChI is InChI=1S/C30H43N3O3/c1-19-5-10-25-26(15-19)33(32-31-25)17-27(34)24-9-8-22-21-7-6-20-16-28(2,35)13-14-30(20,18-36-4)23(21)11-12-29(22,24)3/h5,10,15,20-24,35H,6-9,11-14,16-18H2,1-4H3/t20-,21+,22+,23+,24-,28-,29+,30-/m1/s1. The van der Waals surface area contributed by atoms with Crippen LogP contribution in [0.2, 0.25) is 0 Å². The van der Waals surface area contributed by atoms with Crippen molar-refractivity contribution >= 4 is 16.8 Å². The fourth-order valence-corrected chi connectivity index (χ4v) is 9.76. The van der Waals surface area contributed by atoms with Crippen LogP contribution in [-0.4, -0.2) is 45.2 Å². The molecule has 0 saturated heterocycles. The van der Waals surface area contributed by atoms with E-state index < -0.39 is 5.60 Å². The highest BCUT2D eigenvalue weighted by molar-refractivity contribution is 5.84. The van der Waals surface area contributed by atoms with Gasteiger partial charge in [-0.25, -0.2) is 4.68 Å². The van der Waals surface area contributed by atoms with Gasteiger partial charge in [0.25, 0.3) is 0 Å². The minimum Gasteiger partial charge on any atom is -0.390 e. The van der Waals surface area contributed by atoms with Crippen LogP contribution in [0.5, 0.6) is 0 Å². The molecule has 4 fully saturated rings. The highest BCUT2D eigenvalue weighted by atomic mass is 16.5. The van der Waals surface area contributed by atoms with E-state index in [4.69, 9.17) is 4.74 Å². The number of carbonyl (C=O) groups excluding carboxylic acids is 1. The Morgan fingerprint density at radius 1 is 1.11 bits per heavy atom. The molecule has 36 heavy (non-hydrogen) atoms. The number of aromatic nitrogens is 3.